The number of ether oxygens (including phenoxy) is 1. The molecule has 98 valence electrons. The smallest absolute Gasteiger partial charge is 0.123 e. The molecule has 0 spiro atoms. The average molecular weight is 247 g/mol. The second kappa shape index (κ2) is 4.90. The number of hydrogen-bond acceptors (Lipinski definition) is 3. The normalized spacial score (nSPS) is 27.9. The molecule has 1 unspecified atom stereocenters. The molecule has 0 radical (unpaired) electrons. The molecule has 1 saturated heterocycles. The number of benzene rings is 1. The van der Waals surface area contributed by atoms with Gasteiger partial charge in [-0.2, -0.15) is 0 Å². The van der Waals surface area contributed by atoms with E-state index in [1.165, 1.54) is 11.1 Å². The molecule has 2 atom stereocenters. The Balaban J connectivity index is 1.60. The molecule has 3 rings (SSSR count). The number of likely N-dealkylation sites (tertiary alicyclic amines) is 1. The number of β-amino-alcohol motifs (C(OH)–C–C–N with tert-alkyl or cyclic N) is 1. The Morgan fingerprint density at radius 1 is 1.44 bits per heavy atom. The fourth-order valence-corrected chi connectivity index (χ4v) is 3.04. The largest absolute Gasteiger partial charge is 0.488 e. The summed E-state index contributed by atoms with van der Waals surface area (Å²) in [5.74, 6) is 1.04. The molecule has 1 aromatic carbocycles. The molecular formula is C15H21NO2. The maximum absolute atomic E-state index is 9.68. The molecule has 0 saturated carbocycles. The van der Waals surface area contributed by atoms with Crippen LogP contribution in [0.1, 0.15) is 24.0 Å². The van der Waals surface area contributed by atoms with Crippen molar-refractivity contribution in [3.05, 3.63) is 29.3 Å². The lowest BCUT2D eigenvalue weighted by molar-refractivity contribution is 0.0502. The zero-order valence-electron chi connectivity index (χ0n) is 10.9. The fraction of sp³-hybridized carbons (Fsp3) is 0.600. The molecule has 1 N–H and O–H groups in total. The molecular weight excluding hydrogens is 226 g/mol. The summed E-state index contributed by atoms with van der Waals surface area (Å²) >= 11 is 0. The van der Waals surface area contributed by atoms with Gasteiger partial charge in [-0.25, -0.2) is 0 Å². The van der Waals surface area contributed by atoms with Crippen molar-refractivity contribution in [2.45, 2.75) is 38.4 Å². The Labute approximate surface area is 108 Å². The number of aliphatic hydroxyl groups excluding tert-OH is 1. The lowest BCUT2D eigenvalue weighted by Crippen LogP contribution is -2.43. The van der Waals surface area contributed by atoms with Crippen LogP contribution in [0.5, 0.6) is 5.75 Å². The third-order valence-electron chi connectivity index (χ3n) is 3.90. The zero-order valence-corrected chi connectivity index (χ0v) is 10.9. The van der Waals surface area contributed by atoms with Crippen molar-refractivity contribution >= 4 is 0 Å². The van der Waals surface area contributed by atoms with Crippen molar-refractivity contribution in [1.29, 1.82) is 0 Å². The molecule has 0 bridgehead atoms. The Bertz CT molecular complexity index is 433. The number of piperidine rings is 1. The summed E-state index contributed by atoms with van der Waals surface area (Å²) in [5.41, 5.74) is 2.63. The van der Waals surface area contributed by atoms with Crippen molar-refractivity contribution in [3.8, 4) is 5.75 Å². The van der Waals surface area contributed by atoms with E-state index in [2.05, 4.69) is 30.0 Å². The Morgan fingerprint density at radius 3 is 3.17 bits per heavy atom. The monoisotopic (exact) mass is 247 g/mol. The number of aliphatic hydroxyl groups is 1. The maximum Gasteiger partial charge on any atom is 0.123 e. The van der Waals surface area contributed by atoms with E-state index in [1.54, 1.807) is 0 Å². The van der Waals surface area contributed by atoms with Crippen LogP contribution in [0.3, 0.4) is 0 Å². The van der Waals surface area contributed by atoms with E-state index in [0.29, 0.717) is 0 Å². The van der Waals surface area contributed by atoms with E-state index in [-0.39, 0.29) is 12.2 Å². The van der Waals surface area contributed by atoms with Gasteiger partial charge in [-0.1, -0.05) is 17.7 Å². The van der Waals surface area contributed by atoms with E-state index in [1.807, 2.05) is 0 Å². The Hall–Kier alpha value is -1.06. The molecule has 1 aromatic rings. The standard InChI is InChI=1S/C15H21NO2/c1-11-4-5-15-12(7-11)8-14(18-15)10-16-6-2-3-13(17)9-16/h4-5,7,13-14,17H,2-3,6,8-10H2,1H3/t13-,14?/m0/s1. The van der Waals surface area contributed by atoms with Crippen LogP contribution in [0, 0.1) is 6.92 Å². The van der Waals surface area contributed by atoms with E-state index in [9.17, 15) is 5.11 Å². The summed E-state index contributed by atoms with van der Waals surface area (Å²) in [5, 5.41) is 9.68. The van der Waals surface area contributed by atoms with E-state index >= 15 is 0 Å². The summed E-state index contributed by atoms with van der Waals surface area (Å²) in [6, 6.07) is 6.40. The molecule has 0 aromatic heterocycles. The molecule has 18 heavy (non-hydrogen) atoms. The first kappa shape index (κ1) is 12.0. The lowest BCUT2D eigenvalue weighted by Gasteiger charge is -2.31. The Kier molecular flexibility index (Phi) is 3.27. The van der Waals surface area contributed by atoms with E-state index in [0.717, 1.165) is 44.6 Å². The van der Waals surface area contributed by atoms with Gasteiger partial charge < -0.3 is 9.84 Å². The molecule has 0 aliphatic carbocycles. The molecule has 1 fully saturated rings. The van der Waals surface area contributed by atoms with Gasteiger partial charge in [0.05, 0.1) is 6.10 Å². The van der Waals surface area contributed by atoms with Crippen molar-refractivity contribution in [1.82, 2.24) is 4.90 Å². The van der Waals surface area contributed by atoms with Gasteiger partial charge in [0.15, 0.2) is 0 Å². The van der Waals surface area contributed by atoms with Crippen LogP contribution in [0.4, 0.5) is 0 Å². The SMILES string of the molecule is Cc1ccc2c(c1)CC(CN1CCC[C@H](O)C1)O2. The predicted octanol–water partition coefficient (Wildman–Crippen LogP) is 1.76. The topological polar surface area (TPSA) is 32.7 Å². The summed E-state index contributed by atoms with van der Waals surface area (Å²) < 4.78 is 5.98. The highest BCUT2D eigenvalue weighted by atomic mass is 16.5. The fourth-order valence-electron chi connectivity index (χ4n) is 3.04. The second-order valence-electron chi connectivity index (χ2n) is 5.61. The number of nitrogens with zero attached hydrogens (tertiary/aromatic N) is 1. The molecule has 2 heterocycles. The minimum atomic E-state index is -0.148. The molecule has 2 aliphatic heterocycles. The first-order valence-electron chi connectivity index (χ1n) is 6.87. The van der Waals surface area contributed by atoms with Gasteiger partial charge in [0.1, 0.15) is 11.9 Å². The molecule has 0 amide bonds. The van der Waals surface area contributed by atoms with Crippen molar-refractivity contribution in [3.63, 3.8) is 0 Å². The van der Waals surface area contributed by atoms with Gasteiger partial charge in [0.2, 0.25) is 0 Å². The highest BCUT2D eigenvalue weighted by Crippen LogP contribution is 2.30. The first-order chi connectivity index (χ1) is 8.70. The van der Waals surface area contributed by atoms with Crippen LogP contribution >= 0.6 is 0 Å². The molecule has 2 aliphatic rings. The van der Waals surface area contributed by atoms with Crippen LogP contribution in [-0.4, -0.2) is 41.8 Å². The van der Waals surface area contributed by atoms with Crippen molar-refractivity contribution in [2.24, 2.45) is 0 Å². The third kappa shape index (κ3) is 2.52. The number of hydrogen-bond donors (Lipinski definition) is 1. The van der Waals surface area contributed by atoms with Crippen LogP contribution < -0.4 is 4.74 Å². The summed E-state index contributed by atoms with van der Waals surface area (Å²) in [7, 11) is 0. The summed E-state index contributed by atoms with van der Waals surface area (Å²) in [6.45, 7) is 4.95. The van der Waals surface area contributed by atoms with Crippen LogP contribution in [0.2, 0.25) is 0 Å². The average Bonchev–Trinajstić information content (AvgIpc) is 2.70. The molecule has 3 heteroatoms. The summed E-state index contributed by atoms with van der Waals surface area (Å²) in [4.78, 5) is 2.33. The van der Waals surface area contributed by atoms with E-state index < -0.39 is 0 Å². The number of fused-ring (bicyclic) bond motifs is 1. The van der Waals surface area contributed by atoms with Crippen LogP contribution in [-0.2, 0) is 6.42 Å². The minimum Gasteiger partial charge on any atom is -0.488 e. The quantitative estimate of drug-likeness (QED) is 0.864. The van der Waals surface area contributed by atoms with E-state index in [4.69, 9.17) is 4.74 Å². The minimum absolute atomic E-state index is 0.148. The van der Waals surface area contributed by atoms with Crippen molar-refractivity contribution in [2.75, 3.05) is 19.6 Å². The van der Waals surface area contributed by atoms with Gasteiger partial charge >= 0.3 is 0 Å². The number of rotatable bonds is 2. The highest BCUT2D eigenvalue weighted by Gasteiger charge is 2.27. The lowest BCUT2D eigenvalue weighted by atomic mass is 10.1. The first-order valence-corrected chi connectivity index (χ1v) is 6.87. The zero-order chi connectivity index (χ0) is 12.5. The van der Waals surface area contributed by atoms with Gasteiger partial charge in [0.25, 0.3) is 0 Å². The van der Waals surface area contributed by atoms with Gasteiger partial charge in [-0.05, 0) is 37.9 Å². The Morgan fingerprint density at radius 2 is 2.33 bits per heavy atom. The molecule has 3 nitrogen and oxygen atoms in total. The second-order valence-corrected chi connectivity index (χ2v) is 5.61. The highest BCUT2D eigenvalue weighted by molar-refractivity contribution is 5.40. The maximum atomic E-state index is 9.68. The van der Waals surface area contributed by atoms with Gasteiger partial charge in [-0.15, -0.1) is 0 Å². The summed E-state index contributed by atoms with van der Waals surface area (Å²) in [6.07, 6.45) is 3.15. The number of aryl methyl sites for hydroxylation is 1. The van der Waals surface area contributed by atoms with Gasteiger partial charge in [-0.3, -0.25) is 4.90 Å². The third-order valence-corrected chi connectivity index (χ3v) is 3.90. The van der Waals surface area contributed by atoms with Crippen LogP contribution in [0.15, 0.2) is 18.2 Å². The van der Waals surface area contributed by atoms with Crippen molar-refractivity contribution < 1.29 is 9.84 Å². The van der Waals surface area contributed by atoms with Gasteiger partial charge in [0, 0.05) is 19.5 Å². The predicted molar refractivity (Wildman–Crippen MR) is 71.0 cm³/mol. The van der Waals surface area contributed by atoms with Crippen LogP contribution in [0.25, 0.3) is 0 Å².